The second kappa shape index (κ2) is 4.68. The number of hydrogen-bond acceptors (Lipinski definition) is 3. The number of esters is 1. The summed E-state index contributed by atoms with van der Waals surface area (Å²) >= 11 is 0. The van der Waals surface area contributed by atoms with Gasteiger partial charge >= 0.3 is 5.97 Å². The number of carbonyl (C=O) groups excluding carboxylic acids is 1. The Morgan fingerprint density at radius 3 is 3.06 bits per heavy atom. The highest BCUT2D eigenvalue weighted by Crippen LogP contribution is 2.38. The van der Waals surface area contributed by atoms with Crippen molar-refractivity contribution in [1.29, 1.82) is 0 Å². The molecule has 0 saturated heterocycles. The van der Waals surface area contributed by atoms with Crippen molar-refractivity contribution in [1.82, 2.24) is 9.78 Å². The summed E-state index contributed by atoms with van der Waals surface area (Å²) in [5, 5.41) is 4.46. The van der Waals surface area contributed by atoms with Crippen molar-refractivity contribution in [3.8, 4) is 0 Å². The lowest BCUT2D eigenvalue weighted by Crippen LogP contribution is -2.20. The third kappa shape index (κ3) is 2.62. The van der Waals surface area contributed by atoms with Crippen LogP contribution in [0.15, 0.2) is 12.3 Å². The Balaban J connectivity index is 1.89. The molecule has 1 aliphatic rings. The summed E-state index contributed by atoms with van der Waals surface area (Å²) in [5.74, 6) is 0.386. The van der Waals surface area contributed by atoms with Crippen molar-refractivity contribution in [3.63, 3.8) is 0 Å². The molecule has 4 nitrogen and oxygen atoms in total. The first-order chi connectivity index (χ1) is 7.70. The summed E-state index contributed by atoms with van der Waals surface area (Å²) in [7, 11) is 0. The molecule has 0 spiro atoms. The molecule has 1 aromatic heterocycles. The van der Waals surface area contributed by atoms with Gasteiger partial charge in [0.25, 0.3) is 0 Å². The Kier molecular flexibility index (Phi) is 3.27. The zero-order valence-corrected chi connectivity index (χ0v) is 9.85. The van der Waals surface area contributed by atoms with Crippen molar-refractivity contribution < 1.29 is 9.53 Å². The molecule has 16 heavy (non-hydrogen) atoms. The van der Waals surface area contributed by atoms with E-state index in [9.17, 15) is 4.79 Å². The summed E-state index contributed by atoms with van der Waals surface area (Å²) in [6.07, 6.45) is 4.46. The fourth-order valence-corrected chi connectivity index (χ4v) is 1.72. The molecular formula is C12H18N2O2. The van der Waals surface area contributed by atoms with Crippen LogP contribution in [-0.4, -0.2) is 22.4 Å². The molecule has 0 N–H and O–H groups in total. The van der Waals surface area contributed by atoms with Gasteiger partial charge in [-0.25, -0.2) is 0 Å². The fourth-order valence-electron chi connectivity index (χ4n) is 1.72. The fraction of sp³-hybridized carbons (Fsp3) is 0.667. The Morgan fingerprint density at radius 2 is 2.44 bits per heavy atom. The highest BCUT2D eigenvalue weighted by molar-refractivity contribution is 5.71. The second-order valence-corrected chi connectivity index (χ2v) is 4.39. The minimum Gasteiger partial charge on any atom is -0.466 e. The lowest BCUT2D eigenvalue weighted by atomic mass is 10.2. The van der Waals surface area contributed by atoms with Crippen LogP contribution in [0.3, 0.4) is 0 Å². The summed E-state index contributed by atoms with van der Waals surface area (Å²) in [6.45, 7) is 4.74. The van der Waals surface area contributed by atoms with Gasteiger partial charge in [-0.2, -0.15) is 5.10 Å². The van der Waals surface area contributed by atoms with Gasteiger partial charge in [-0.05, 0) is 25.8 Å². The minimum absolute atomic E-state index is 0.132. The first kappa shape index (κ1) is 11.2. The van der Waals surface area contributed by atoms with Gasteiger partial charge in [-0.3, -0.25) is 9.48 Å². The molecule has 0 amide bonds. The number of carbonyl (C=O) groups is 1. The summed E-state index contributed by atoms with van der Waals surface area (Å²) in [5.41, 5.74) is 1.16. The number of hydrogen-bond donors (Lipinski definition) is 0. The first-order valence-corrected chi connectivity index (χ1v) is 5.90. The summed E-state index contributed by atoms with van der Waals surface area (Å²) in [4.78, 5) is 11.4. The van der Waals surface area contributed by atoms with Crippen molar-refractivity contribution in [2.24, 2.45) is 5.92 Å². The van der Waals surface area contributed by atoms with Gasteiger partial charge in [0.05, 0.1) is 24.8 Å². The van der Waals surface area contributed by atoms with E-state index in [0.29, 0.717) is 19.1 Å². The zero-order valence-electron chi connectivity index (χ0n) is 9.85. The van der Waals surface area contributed by atoms with Crippen LogP contribution in [0.2, 0.25) is 0 Å². The van der Waals surface area contributed by atoms with Crippen LogP contribution in [0, 0.1) is 5.92 Å². The van der Waals surface area contributed by atoms with Crippen LogP contribution in [0.4, 0.5) is 0 Å². The van der Waals surface area contributed by atoms with Crippen LogP contribution in [0.5, 0.6) is 0 Å². The van der Waals surface area contributed by atoms with Gasteiger partial charge in [0, 0.05) is 12.1 Å². The Hall–Kier alpha value is -1.32. The molecule has 1 atom stereocenters. The van der Waals surface area contributed by atoms with Crippen molar-refractivity contribution >= 4 is 5.97 Å². The number of aromatic nitrogens is 2. The number of ether oxygens (including phenoxy) is 1. The van der Waals surface area contributed by atoms with Crippen LogP contribution in [-0.2, 0) is 16.1 Å². The second-order valence-electron chi connectivity index (χ2n) is 4.39. The van der Waals surface area contributed by atoms with E-state index in [1.54, 1.807) is 0 Å². The monoisotopic (exact) mass is 222 g/mol. The molecule has 0 aromatic carbocycles. The summed E-state index contributed by atoms with van der Waals surface area (Å²) < 4.78 is 6.80. The lowest BCUT2D eigenvalue weighted by Gasteiger charge is -2.10. The average Bonchev–Trinajstić information content (AvgIpc) is 3.01. The third-order valence-electron chi connectivity index (χ3n) is 2.81. The minimum atomic E-state index is -0.147. The molecule has 1 unspecified atom stereocenters. The maximum Gasteiger partial charge on any atom is 0.310 e. The van der Waals surface area contributed by atoms with E-state index in [2.05, 4.69) is 11.2 Å². The van der Waals surface area contributed by atoms with Crippen LogP contribution < -0.4 is 0 Å². The van der Waals surface area contributed by atoms with Crippen LogP contribution >= 0.6 is 0 Å². The molecule has 1 heterocycles. The van der Waals surface area contributed by atoms with Gasteiger partial charge in [0.1, 0.15) is 0 Å². The lowest BCUT2D eigenvalue weighted by molar-refractivity contribution is -0.147. The van der Waals surface area contributed by atoms with E-state index in [1.165, 1.54) is 12.8 Å². The molecule has 1 saturated carbocycles. The van der Waals surface area contributed by atoms with Gasteiger partial charge in [0.15, 0.2) is 0 Å². The standard InChI is InChI=1S/C12H18N2O2/c1-3-16-12(15)9(2)8-14-7-6-11(13-14)10-4-5-10/h6-7,9-10H,3-5,8H2,1-2H3. The summed E-state index contributed by atoms with van der Waals surface area (Å²) in [6, 6.07) is 2.05. The molecular weight excluding hydrogens is 204 g/mol. The van der Waals surface area contributed by atoms with Crippen molar-refractivity contribution in [2.45, 2.75) is 39.2 Å². The predicted octanol–water partition coefficient (Wildman–Crippen LogP) is 1.96. The molecule has 0 radical (unpaired) electrons. The Bertz CT molecular complexity index is 369. The van der Waals surface area contributed by atoms with E-state index in [-0.39, 0.29) is 11.9 Å². The van der Waals surface area contributed by atoms with E-state index in [0.717, 1.165) is 5.69 Å². The molecule has 1 aromatic rings. The quantitative estimate of drug-likeness (QED) is 0.715. The van der Waals surface area contributed by atoms with Crippen LogP contribution in [0.1, 0.15) is 38.3 Å². The predicted molar refractivity (Wildman–Crippen MR) is 60.0 cm³/mol. The Labute approximate surface area is 95.6 Å². The molecule has 1 fully saturated rings. The average molecular weight is 222 g/mol. The number of nitrogens with zero attached hydrogens (tertiary/aromatic N) is 2. The van der Waals surface area contributed by atoms with Gasteiger partial charge < -0.3 is 4.74 Å². The zero-order chi connectivity index (χ0) is 11.5. The van der Waals surface area contributed by atoms with E-state index in [4.69, 9.17) is 4.74 Å². The third-order valence-corrected chi connectivity index (χ3v) is 2.81. The van der Waals surface area contributed by atoms with E-state index in [1.807, 2.05) is 24.7 Å². The molecule has 4 heteroatoms. The topological polar surface area (TPSA) is 44.1 Å². The molecule has 2 rings (SSSR count). The maximum absolute atomic E-state index is 11.4. The van der Waals surface area contributed by atoms with Gasteiger partial charge in [-0.1, -0.05) is 6.92 Å². The highest BCUT2D eigenvalue weighted by Gasteiger charge is 2.26. The molecule has 0 aliphatic heterocycles. The van der Waals surface area contributed by atoms with Gasteiger partial charge in [-0.15, -0.1) is 0 Å². The largest absolute Gasteiger partial charge is 0.466 e. The smallest absolute Gasteiger partial charge is 0.310 e. The molecule has 88 valence electrons. The maximum atomic E-state index is 11.4. The van der Waals surface area contributed by atoms with Crippen LogP contribution in [0.25, 0.3) is 0 Å². The molecule has 1 aliphatic carbocycles. The SMILES string of the molecule is CCOC(=O)C(C)Cn1ccc(C2CC2)n1. The first-order valence-electron chi connectivity index (χ1n) is 5.90. The molecule has 0 bridgehead atoms. The number of rotatable bonds is 5. The van der Waals surface area contributed by atoms with Crippen molar-refractivity contribution in [2.75, 3.05) is 6.61 Å². The van der Waals surface area contributed by atoms with Crippen molar-refractivity contribution in [3.05, 3.63) is 18.0 Å². The van der Waals surface area contributed by atoms with E-state index >= 15 is 0 Å². The highest BCUT2D eigenvalue weighted by atomic mass is 16.5. The normalized spacial score (nSPS) is 17.1. The van der Waals surface area contributed by atoms with E-state index < -0.39 is 0 Å². The van der Waals surface area contributed by atoms with Gasteiger partial charge in [0.2, 0.25) is 0 Å². The Morgan fingerprint density at radius 1 is 1.69 bits per heavy atom.